The van der Waals surface area contributed by atoms with Gasteiger partial charge in [-0.25, -0.2) is 0 Å². The van der Waals surface area contributed by atoms with Crippen molar-refractivity contribution in [2.45, 2.75) is 58.0 Å². The SMILES string of the molecule is COc1cc(C(=O)c2ccc(C(=O)N(C(C)C)C3CCCCC3)cc2Br)cc(OC)c1OC. The number of rotatable bonds is 8. The van der Waals surface area contributed by atoms with Gasteiger partial charge in [-0.15, -0.1) is 0 Å². The molecule has 1 fully saturated rings. The molecule has 0 N–H and O–H groups in total. The number of hydrogen-bond acceptors (Lipinski definition) is 5. The molecule has 0 unspecified atom stereocenters. The molecule has 6 nitrogen and oxygen atoms in total. The predicted octanol–water partition coefficient (Wildman–Crippen LogP) is 5.89. The number of benzene rings is 2. The van der Waals surface area contributed by atoms with Crippen molar-refractivity contribution in [1.29, 1.82) is 0 Å². The molecule has 0 bridgehead atoms. The van der Waals surface area contributed by atoms with E-state index in [1.165, 1.54) is 27.8 Å². The number of carbonyl (C=O) groups excluding carboxylic acids is 2. The Morgan fingerprint density at radius 1 is 0.909 bits per heavy atom. The number of amides is 1. The molecular weight excluding hydrogens is 486 g/mol. The molecule has 0 atom stereocenters. The number of ether oxygens (including phenoxy) is 3. The fourth-order valence-corrected chi connectivity index (χ4v) is 5.09. The topological polar surface area (TPSA) is 65.1 Å². The summed E-state index contributed by atoms with van der Waals surface area (Å²) in [4.78, 5) is 28.7. The van der Waals surface area contributed by atoms with Crippen molar-refractivity contribution < 1.29 is 23.8 Å². The van der Waals surface area contributed by atoms with Crippen LogP contribution in [0.3, 0.4) is 0 Å². The molecule has 7 heteroatoms. The maximum Gasteiger partial charge on any atom is 0.254 e. The van der Waals surface area contributed by atoms with Gasteiger partial charge in [-0.1, -0.05) is 35.2 Å². The fraction of sp³-hybridized carbons (Fsp3) is 0.462. The monoisotopic (exact) mass is 517 g/mol. The summed E-state index contributed by atoms with van der Waals surface area (Å²) in [6.07, 6.45) is 5.64. The zero-order valence-electron chi connectivity index (χ0n) is 19.9. The molecule has 0 aliphatic heterocycles. The summed E-state index contributed by atoms with van der Waals surface area (Å²) in [5.74, 6) is 1.02. The number of hydrogen-bond donors (Lipinski definition) is 0. The highest BCUT2D eigenvalue weighted by Gasteiger charge is 2.29. The van der Waals surface area contributed by atoms with Gasteiger partial charge in [0.1, 0.15) is 0 Å². The first-order chi connectivity index (χ1) is 15.8. The largest absolute Gasteiger partial charge is 0.493 e. The summed E-state index contributed by atoms with van der Waals surface area (Å²) in [5, 5.41) is 0. The van der Waals surface area contributed by atoms with Crippen LogP contribution in [0.5, 0.6) is 17.2 Å². The second-order valence-electron chi connectivity index (χ2n) is 8.54. The number of halogens is 1. The quantitative estimate of drug-likeness (QED) is 0.408. The lowest BCUT2D eigenvalue weighted by molar-refractivity contribution is 0.0555. The third-order valence-electron chi connectivity index (χ3n) is 6.15. The number of ketones is 1. The normalized spacial score (nSPS) is 14.2. The van der Waals surface area contributed by atoms with E-state index in [-0.39, 0.29) is 23.8 Å². The van der Waals surface area contributed by atoms with Gasteiger partial charge in [0, 0.05) is 33.2 Å². The minimum absolute atomic E-state index is 0.00406. The van der Waals surface area contributed by atoms with Crippen LogP contribution in [0.15, 0.2) is 34.8 Å². The Hall–Kier alpha value is -2.54. The summed E-state index contributed by atoms with van der Waals surface area (Å²) in [5.41, 5.74) is 1.42. The molecule has 0 aromatic heterocycles. The van der Waals surface area contributed by atoms with Crippen molar-refractivity contribution in [2.24, 2.45) is 0 Å². The molecule has 178 valence electrons. The van der Waals surface area contributed by atoms with E-state index in [4.69, 9.17) is 14.2 Å². The Labute approximate surface area is 204 Å². The molecule has 3 rings (SSSR count). The van der Waals surface area contributed by atoms with Crippen LogP contribution in [-0.2, 0) is 0 Å². The highest BCUT2D eigenvalue weighted by molar-refractivity contribution is 9.10. The van der Waals surface area contributed by atoms with E-state index < -0.39 is 0 Å². The molecule has 33 heavy (non-hydrogen) atoms. The first-order valence-corrected chi connectivity index (χ1v) is 12.1. The van der Waals surface area contributed by atoms with Crippen molar-refractivity contribution in [3.05, 3.63) is 51.5 Å². The van der Waals surface area contributed by atoms with Crippen molar-refractivity contribution in [2.75, 3.05) is 21.3 Å². The van der Waals surface area contributed by atoms with E-state index in [1.54, 1.807) is 30.3 Å². The highest BCUT2D eigenvalue weighted by Crippen LogP contribution is 2.39. The van der Waals surface area contributed by atoms with Crippen LogP contribution in [0.1, 0.15) is 72.2 Å². The van der Waals surface area contributed by atoms with Crippen LogP contribution in [0, 0.1) is 0 Å². The van der Waals surface area contributed by atoms with Crippen molar-refractivity contribution >= 4 is 27.6 Å². The average Bonchev–Trinajstić information content (AvgIpc) is 2.83. The van der Waals surface area contributed by atoms with Gasteiger partial charge >= 0.3 is 0 Å². The molecule has 1 amide bonds. The lowest BCUT2D eigenvalue weighted by atomic mass is 9.92. The van der Waals surface area contributed by atoms with Crippen LogP contribution in [0.2, 0.25) is 0 Å². The maximum atomic E-state index is 13.4. The molecule has 0 saturated heterocycles. The number of methoxy groups -OCH3 is 3. The lowest BCUT2D eigenvalue weighted by Gasteiger charge is -2.37. The molecule has 1 aliphatic rings. The predicted molar refractivity (Wildman–Crippen MR) is 132 cm³/mol. The van der Waals surface area contributed by atoms with E-state index in [0.29, 0.717) is 38.4 Å². The van der Waals surface area contributed by atoms with Gasteiger partial charge in [-0.3, -0.25) is 9.59 Å². The van der Waals surface area contributed by atoms with Gasteiger partial charge in [-0.05, 0) is 57.0 Å². The number of carbonyl (C=O) groups is 2. The van der Waals surface area contributed by atoms with Gasteiger partial charge in [-0.2, -0.15) is 0 Å². The molecule has 0 spiro atoms. The van der Waals surface area contributed by atoms with E-state index in [0.717, 1.165) is 25.7 Å². The minimum Gasteiger partial charge on any atom is -0.493 e. The first kappa shape index (κ1) is 25.1. The molecule has 0 radical (unpaired) electrons. The van der Waals surface area contributed by atoms with Crippen molar-refractivity contribution in [3.8, 4) is 17.2 Å². The standard InChI is InChI=1S/C26H32BrNO5/c1-16(2)28(19-9-7-6-8-10-19)26(30)17-11-12-20(21(27)13-17)24(29)18-14-22(31-3)25(33-5)23(15-18)32-4/h11-16,19H,6-10H2,1-5H3. The summed E-state index contributed by atoms with van der Waals surface area (Å²) in [6, 6.07) is 8.80. The van der Waals surface area contributed by atoms with Gasteiger partial charge in [0.15, 0.2) is 17.3 Å². The second kappa shape index (κ2) is 11.1. The first-order valence-electron chi connectivity index (χ1n) is 11.3. The molecule has 2 aromatic carbocycles. The van der Waals surface area contributed by atoms with Gasteiger partial charge in [0.05, 0.1) is 21.3 Å². The summed E-state index contributed by atoms with van der Waals surface area (Å²) in [7, 11) is 4.53. The Kier molecular flexibility index (Phi) is 8.40. The number of nitrogens with zero attached hydrogens (tertiary/aromatic N) is 1. The molecule has 0 heterocycles. The Bertz CT molecular complexity index is 989. The van der Waals surface area contributed by atoms with E-state index in [2.05, 4.69) is 29.8 Å². The van der Waals surface area contributed by atoms with Gasteiger partial charge in [0.2, 0.25) is 5.75 Å². The zero-order chi connectivity index (χ0) is 24.1. The Morgan fingerprint density at radius 3 is 2.00 bits per heavy atom. The lowest BCUT2D eigenvalue weighted by Crippen LogP contribution is -2.45. The van der Waals surface area contributed by atoms with Crippen molar-refractivity contribution in [1.82, 2.24) is 4.90 Å². The molecular formula is C26H32BrNO5. The summed E-state index contributed by atoms with van der Waals surface area (Å²) in [6.45, 7) is 4.12. The average molecular weight is 518 g/mol. The summed E-state index contributed by atoms with van der Waals surface area (Å²) >= 11 is 3.52. The Balaban J connectivity index is 1.91. The smallest absolute Gasteiger partial charge is 0.254 e. The molecule has 2 aromatic rings. The van der Waals surface area contributed by atoms with Gasteiger partial charge in [0.25, 0.3) is 5.91 Å². The molecule has 1 saturated carbocycles. The molecule has 1 aliphatic carbocycles. The van der Waals surface area contributed by atoms with Crippen LogP contribution in [0.4, 0.5) is 0 Å². The minimum atomic E-state index is -0.215. The van der Waals surface area contributed by atoms with E-state index >= 15 is 0 Å². The van der Waals surface area contributed by atoms with Crippen LogP contribution >= 0.6 is 15.9 Å². The highest BCUT2D eigenvalue weighted by atomic mass is 79.9. The summed E-state index contributed by atoms with van der Waals surface area (Å²) < 4.78 is 16.7. The van der Waals surface area contributed by atoms with Crippen LogP contribution in [0.25, 0.3) is 0 Å². The third-order valence-corrected chi connectivity index (χ3v) is 6.80. The zero-order valence-corrected chi connectivity index (χ0v) is 21.5. The van der Waals surface area contributed by atoms with Crippen LogP contribution in [-0.4, -0.2) is 50.0 Å². The van der Waals surface area contributed by atoms with E-state index in [1.807, 2.05) is 4.90 Å². The van der Waals surface area contributed by atoms with Crippen LogP contribution < -0.4 is 14.2 Å². The maximum absolute atomic E-state index is 13.4. The third kappa shape index (κ3) is 5.35. The van der Waals surface area contributed by atoms with Gasteiger partial charge < -0.3 is 19.1 Å². The second-order valence-corrected chi connectivity index (χ2v) is 9.39. The Morgan fingerprint density at radius 2 is 1.52 bits per heavy atom. The van der Waals surface area contributed by atoms with E-state index in [9.17, 15) is 9.59 Å². The van der Waals surface area contributed by atoms with Crippen molar-refractivity contribution in [3.63, 3.8) is 0 Å². The fourth-order valence-electron chi connectivity index (χ4n) is 4.53.